The van der Waals surface area contributed by atoms with E-state index >= 15 is 0 Å². The SMILES string of the molecule is O=C(Nc1cccc(OCCc2cccc3ccccc23)c1)c1ccc2ccccc2c1. The second-order valence-corrected chi connectivity index (χ2v) is 7.78. The van der Waals surface area contributed by atoms with E-state index < -0.39 is 0 Å². The third-order valence-electron chi connectivity index (χ3n) is 5.62. The van der Waals surface area contributed by atoms with Gasteiger partial charge in [0.2, 0.25) is 0 Å². The maximum absolute atomic E-state index is 12.7. The Morgan fingerprint density at radius 1 is 0.688 bits per heavy atom. The van der Waals surface area contributed by atoms with E-state index in [1.54, 1.807) is 0 Å². The van der Waals surface area contributed by atoms with Crippen LogP contribution >= 0.6 is 0 Å². The molecule has 1 N–H and O–H groups in total. The first-order valence-corrected chi connectivity index (χ1v) is 10.8. The zero-order valence-electron chi connectivity index (χ0n) is 17.6. The molecule has 0 unspecified atom stereocenters. The Hall–Kier alpha value is -4.11. The summed E-state index contributed by atoms with van der Waals surface area (Å²) < 4.78 is 5.99. The molecular formula is C29H23NO2. The smallest absolute Gasteiger partial charge is 0.255 e. The molecule has 5 aromatic carbocycles. The van der Waals surface area contributed by atoms with Gasteiger partial charge in [-0.3, -0.25) is 4.79 Å². The summed E-state index contributed by atoms with van der Waals surface area (Å²) in [6, 6.07) is 36.0. The van der Waals surface area contributed by atoms with E-state index in [0.717, 1.165) is 22.9 Å². The van der Waals surface area contributed by atoms with Crippen molar-refractivity contribution in [3.8, 4) is 5.75 Å². The topological polar surface area (TPSA) is 38.3 Å². The van der Waals surface area contributed by atoms with Gasteiger partial charge in [0, 0.05) is 23.7 Å². The van der Waals surface area contributed by atoms with Crippen molar-refractivity contribution >= 4 is 33.1 Å². The molecular weight excluding hydrogens is 394 g/mol. The molecule has 0 radical (unpaired) electrons. The standard InChI is InChI=1S/C29H23NO2/c31-29(25-16-15-21-7-1-2-9-24(21)19-25)30-26-12-6-13-27(20-26)32-18-17-23-11-5-10-22-8-3-4-14-28(22)23/h1-16,19-20H,17-18H2,(H,30,31). The number of hydrogen-bond donors (Lipinski definition) is 1. The molecule has 5 aromatic rings. The number of benzene rings is 5. The molecule has 0 saturated carbocycles. The molecule has 32 heavy (non-hydrogen) atoms. The van der Waals surface area contributed by atoms with E-state index in [0.29, 0.717) is 17.9 Å². The number of carbonyl (C=O) groups is 1. The van der Waals surface area contributed by atoms with Crippen molar-refractivity contribution in [2.24, 2.45) is 0 Å². The van der Waals surface area contributed by atoms with Crippen molar-refractivity contribution in [2.45, 2.75) is 6.42 Å². The Morgan fingerprint density at radius 3 is 2.34 bits per heavy atom. The van der Waals surface area contributed by atoms with Crippen LogP contribution in [0.15, 0.2) is 109 Å². The summed E-state index contributed by atoms with van der Waals surface area (Å²) in [7, 11) is 0. The number of hydrogen-bond acceptors (Lipinski definition) is 2. The van der Waals surface area contributed by atoms with Gasteiger partial charge in [0.05, 0.1) is 6.61 Å². The van der Waals surface area contributed by atoms with Crippen LogP contribution in [0.3, 0.4) is 0 Å². The first-order chi connectivity index (χ1) is 15.8. The van der Waals surface area contributed by atoms with Gasteiger partial charge in [0.1, 0.15) is 5.75 Å². The highest BCUT2D eigenvalue weighted by Crippen LogP contribution is 2.22. The predicted octanol–water partition coefficient (Wildman–Crippen LogP) is 6.87. The first kappa shape index (κ1) is 19.8. The first-order valence-electron chi connectivity index (χ1n) is 10.8. The second kappa shape index (κ2) is 8.94. The van der Waals surface area contributed by atoms with E-state index in [1.807, 2.05) is 66.7 Å². The Balaban J connectivity index is 1.24. The Labute approximate surface area is 187 Å². The molecule has 3 heteroatoms. The summed E-state index contributed by atoms with van der Waals surface area (Å²) in [6.07, 6.45) is 0.815. The Kier molecular flexibility index (Phi) is 5.54. The Bertz CT molecular complexity index is 1400. The van der Waals surface area contributed by atoms with Crippen molar-refractivity contribution in [1.29, 1.82) is 0 Å². The van der Waals surface area contributed by atoms with Crippen molar-refractivity contribution in [1.82, 2.24) is 0 Å². The zero-order valence-corrected chi connectivity index (χ0v) is 17.6. The van der Waals surface area contributed by atoms with Gasteiger partial charge in [-0.1, -0.05) is 78.9 Å². The average molecular weight is 418 g/mol. The minimum atomic E-state index is -0.136. The highest BCUT2D eigenvalue weighted by Gasteiger charge is 2.08. The fourth-order valence-corrected chi connectivity index (χ4v) is 3.99. The average Bonchev–Trinajstić information content (AvgIpc) is 2.84. The van der Waals surface area contributed by atoms with Gasteiger partial charge in [-0.2, -0.15) is 0 Å². The molecule has 1 amide bonds. The fraction of sp³-hybridized carbons (Fsp3) is 0.0690. The number of carbonyl (C=O) groups excluding carboxylic acids is 1. The van der Waals surface area contributed by atoms with Crippen LogP contribution in [0.25, 0.3) is 21.5 Å². The van der Waals surface area contributed by atoms with Gasteiger partial charge in [-0.05, 0) is 51.4 Å². The maximum atomic E-state index is 12.7. The molecule has 0 aliphatic carbocycles. The van der Waals surface area contributed by atoms with Gasteiger partial charge < -0.3 is 10.1 Å². The normalized spacial score (nSPS) is 10.9. The molecule has 0 bridgehead atoms. The molecule has 5 rings (SSSR count). The Morgan fingerprint density at radius 2 is 1.44 bits per heavy atom. The number of anilines is 1. The quantitative estimate of drug-likeness (QED) is 0.327. The molecule has 0 aliphatic rings. The van der Waals surface area contributed by atoms with Crippen LogP contribution in [-0.4, -0.2) is 12.5 Å². The molecule has 0 spiro atoms. The number of nitrogens with one attached hydrogen (secondary N) is 1. The van der Waals surface area contributed by atoms with Gasteiger partial charge in [0.15, 0.2) is 0 Å². The van der Waals surface area contributed by atoms with Gasteiger partial charge >= 0.3 is 0 Å². The second-order valence-electron chi connectivity index (χ2n) is 7.78. The predicted molar refractivity (Wildman–Crippen MR) is 131 cm³/mol. The van der Waals surface area contributed by atoms with E-state index in [-0.39, 0.29) is 5.91 Å². The molecule has 3 nitrogen and oxygen atoms in total. The highest BCUT2D eigenvalue weighted by atomic mass is 16.5. The van der Waals surface area contributed by atoms with E-state index in [4.69, 9.17) is 4.74 Å². The van der Waals surface area contributed by atoms with Crippen LogP contribution in [0.5, 0.6) is 5.75 Å². The van der Waals surface area contributed by atoms with Crippen molar-refractivity contribution < 1.29 is 9.53 Å². The molecule has 0 saturated heterocycles. The summed E-state index contributed by atoms with van der Waals surface area (Å²) in [5, 5.41) is 7.64. The molecule has 0 atom stereocenters. The van der Waals surface area contributed by atoms with Crippen molar-refractivity contribution in [2.75, 3.05) is 11.9 Å². The molecule has 0 heterocycles. The van der Waals surface area contributed by atoms with Crippen LogP contribution in [0.4, 0.5) is 5.69 Å². The lowest BCUT2D eigenvalue weighted by Crippen LogP contribution is -2.12. The third kappa shape index (κ3) is 4.33. The van der Waals surface area contributed by atoms with Crippen LogP contribution in [0.1, 0.15) is 15.9 Å². The van der Waals surface area contributed by atoms with Crippen LogP contribution < -0.4 is 10.1 Å². The van der Waals surface area contributed by atoms with Gasteiger partial charge in [-0.15, -0.1) is 0 Å². The van der Waals surface area contributed by atoms with E-state index in [1.165, 1.54) is 16.3 Å². The summed E-state index contributed by atoms with van der Waals surface area (Å²) in [5.74, 6) is 0.602. The minimum Gasteiger partial charge on any atom is -0.493 e. The fourth-order valence-electron chi connectivity index (χ4n) is 3.99. The summed E-state index contributed by atoms with van der Waals surface area (Å²) >= 11 is 0. The van der Waals surface area contributed by atoms with E-state index in [9.17, 15) is 4.79 Å². The zero-order chi connectivity index (χ0) is 21.8. The minimum absolute atomic E-state index is 0.136. The third-order valence-corrected chi connectivity index (χ3v) is 5.62. The highest BCUT2D eigenvalue weighted by molar-refractivity contribution is 6.06. The van der Waals surface area contributed by atoms with Crippen LogP contribution in [-0.2, 0) is 6.42 Å². The number of ether oxygens (including phenoxy) is 1. The van der Waals surface area contributed by atoms with Crippen LogP contribution in [0, 0.1) is 0 Å². The monoisotopic (exact) mass is 417 g/mol. The number of fused-ring (bicyclic) bond motifs is 2. The summed E-state index contributed by atoms with van der Waals surface area (Å²) in [5.41, 5.74) is 2.61. The summed E-state index contributed by atoms with van der Waals surface area (Å²) in [6.45, 7) is 0.566. The van der Waals surface area contributed by atoms with Gasteiger partial charge in [0.25, 0.3) is 5.91 Å². The van der Waals surface area contributed by atoms with Gasteiger partial charge in [-0.25, -0.2) is 0 Å². The van der Waals surface area contributed by atoms with E-state index in [2.05, 4.69) is 47.8 Å². The lowest BCUT2D eigenvalue weighted by molar-refractivity contribution is 0.102. The van der Waals surface area contributed by atoms with Crippen molar-refractivity contribution in [3.05, 3.63) is 120 Å². The molecule has 0 fully saturated rings. The lowest BCUT2D eigenvalue weighted by atomic mass is 10.0. The molecule has 0 aliphatic heterocycles. The molecule has 156 valence electrons. The maximum Gasteiger partial charge on any atom is 0.255 e. The van der Waals surface area contributed by atoms with Crippen LogP contribution in [0.2, 0.25) is 0 Å². The number of amides is 1. The largest absolute Gasteiger partial charge is 0.493 e. The summed E-state index contributed by atoms with van der Waals surface area (Å²) in [4.78, 5) is 12.7. The lowest BCUT2D eigenvalue weighted by Gasteiger charge is -2.11. The number of rotatable bonds is 6. The van der Waals surface area contributed by atoms with Crippen molar-refractivity contribution in [3.63, 3.8) is 0 Å². The molecule has 0 aromatic heterocycles.